The van der Waals surface area contributed by atoms with Crippen molar-refractivity contribution in [1.29, 1.82) is 0 Å². The van der Waals surface area contributed by atoms with Crippen molar-refractivity contribution in [3.8, 4) is 0 Å². The summed E-state index contributed by atoms with van der Waals surface area (Å²) in [5, 5.41) is -0.248. The summed E-state index contributed by atoms with van der Waals surface area (Å²) < 4.78 is 0. The molecule has 1 aliphatic carbocycles. The molecule has 1 aliphatic rings. The lowest BCUT2D eigenvalue weighted by Crippen LogP contribution is -2.31. The highest BCUT2D eigenvalue weighted by Gasteiger charge is 2.37. The van der Waals surface area contributed by atoms with Gasteiger partial charge in [0, 0.05) is 0 Å². The Morgan fingerprint density at radius 3 is 2.69 bits per heavy atom. The van der Waals surface area contributed by atoms with E-state index in [1.807, 2.05) is 19.1 Å². The van der Waals surface area contributed by atoms with Crippen LogP contribution in [-0.4, -0.2) is 5.24 Å². The van der Waals surface area contributed by atoms with E-state index >= 15 is 0 Å². The van der Waals surface area contributed by atoms with Crippen LogP contribution in [0, 0.1) is 11.3 Å². The predicted molar refractivity (Wildman–Crippen MR) is 55.6 cm³/mol. The van der Waals surface area contributed by atoms with Gasteiger partial charge < -0.3 is 0 Å². The lowest BCUT2D eigenvalue weighted by atomic mass is 9.70. The minimum atomic E-state index is -0.248. The molecule has 1 unspecified atom stereocenters. The summed E-state index contributed by atoms with van der Waals surface area (Å²) in [7, 11) is 0. The number of allylic oxidation sites excluding steroid dienone is 4. The molecule has 0 saturated heterocycles. The first-order chi connectivity index (χ1) is 5.99. The zero-order valence-electron chi connectivity index (χ0n) is 8.30. The third-order valence-corrected chi connectivity index (χ3v) is 2.85. The van der Waals surface area contributed by atoms with Crippen LogP contribution in [0.3, 0.4) is 0 Å². The molecule has 0 aromatic rings. The molecule has 0 amide bonds. The summed E-state index contributed by atoms with van der Waals surface area (Å²) in [6.45, 7) is 6.09. The van der Waals surface area contributed by atoms with Gasteiger partial charge in [0.05, 0.1) is 5.92 Å². The molecular formula is C11H15ClO. The quantitative estimate of drug-likeness (QED) is 0.591. The van der Waals surface area contributed by atoms with E-state index in [0.29, 0.717) is 0 Å². The normalized spacial score (nSPS) is 29.2. The number of carbonyl (C=O) groups excluding carboxylic acids is 1. The van der Waals surface area contributed by atoms with Crippen LogP contribution in [0.1, 0.15) is 27.2 Å². The molecule has 2 heteroatoms. The Morgan fingerprint density at radius 1 is 1.69 bits per heavy atom. The van der Waals surface area contributed by atoms with Crippen LogP contribution in [0.15, 0.2) is 23.8 Å². The van der Waals surface area contributed by atoms with Crippen LogP contribution >= 0.6 is 11.6 Å². The zero-order valence-corrected chi connectivity index (χ0v) is 9.06. The molecule has 13 heavy (non-hydrogen) atoms. The molecule has 0 N–H and O–H groups in total. The molecule has 0 spiro atoms. The summed E-state index contributed by atoms with van der Waals surface area (Å²) in [5.74, 6) is -0.149. The first-order valence-electron chi connectivity index (χ1n) is 4.51. The van der Waals surface area contributed by atoms with Crippen LogP contribution in [0.5, 0.6) is 0 Å². The van der Waals surface area contributed by atoms with Crippen molar-refractivity contribution in [3.05, 3.63) is 23.8 Å². The van der Waals surface area contributed by atoms with Gasteiger partial charge in [-0.3, -0.25) is 4.79 Å². The van der Waals surface area contributed by atoms with Crippen LogP contribution < -0.4 is 0 Å². The van der Waals surface area contributed by atoms with E-state index in [1.54, 1.807) is 0 Å². The van der Waals surface area contributed by atoms with E-state index < -0.39 is 0 Å². The monoisotopic (exact) mass is 198 g/mol. The Morgan fingerprint density at radius 2 is 2.31 bits per heavy atom. The maximum atomic E-state index is 11.3. The summed E-state index contributed by atoms with van der Waals surface area (Å²) in [4.78, 5) is 11.3. The summed E-state index contributed by atoms with van der Waals surface area (Å²) in [6.07, 6.45) is 6.97. The molecule has 0 saturated carbocycles. The molecule has 0 aromatic heterocycles. The first-order valence-corrected chi connectivity index (χ1v) is 4.89. The Hall–Kier alpha value is -0.560. The van der Waals surface area contributed by atoms with E-state index in [9.17, 15) is 4.79 Å². The number of carbonyl (C=O) groups is 1. The molecule has 0 aromatic carbocycles. The van der Waals surface area contributed by atoms with Crippen LogP contribution in [-0.2, 0) is 4.79 Å². The van der Waals surface area contributed by atoms with E-state index in [4.69, 9.17) is 11.6 Å². The fraction of sp³-hybridized carbons (Fsp3) is 0.545. The molecule has 0 fully saturated rings. The fourth-order valence-electron chi connectivity index (χ4n) is 1.87. The second-order valence-corrected chi connectivity index (χ2v) is 4.49. The average Bonchev–Trinajstić information content (AvgIpc) is 2.01. The Kier molecular flexibility index (Phi) is 2.97. The van der Waals surface area contributed by atoms with Gasteiger partial charge in [-0.25, -0.2) is 0 Å². The molecule has 0 radical (unpaired) electrons. The van der Waals surface area contributed by atoms with Crippen molar-refractivity contribution in [3.63, 3.8) is 0 Å². The van der Waals surface area contributed by atoms with Crippen molar-refractivity contribution >= 4 is 16.8 Å². The molecule has 1 rings (SSSR count). The van der Waals surface area contributed by atoms with Gasteiger partial charge in [-0.1, -0.05) is 32.1 Å². The molecule has 0 heterocycles. The molecule has 0 bridgehead atoms. The van der Waals surface area contributed by atoms with Crippen molar-refractivity contribution < 1.29 is 4.79 Å². The van der Waals surface area contributed by atoms with Gasteiger partial charge in [-0.2, -0.15) is 0 Å². The Bertz CT molecular complexity index is 274. The minimum Gasteiger partial charge on any atom is -0.281 e. The second-order valence-electron chi connectivity index (χ2n) is 4.12. The SMILES string of the molecule is CC=C1C=CCC(C)(C)C1C(=O)Cl. The molecular weight excluding hydrogens is 184 g/mol. The Labute approximate surface area is 84.5 Å². The van der Waals surface area contributed by atoms with E-state index in [1.165, 1.54) is 0 Å². The second kappa shape index (κ2) is 3.67. The van der Waals surface area contributed by atoms with Gasteiger partial charge >= 0.3 is 0 Å². The molecule has 1 nitrogen and oxygen atoms in total. The average molecular weight is 199 g/mol. The Balaban J connectivity index is 3.09. The maximum Gasteiger partial charge on any atom is 0.229 e. The van der Waals surface area contributed by atoms with Crippen LogP contribution in [0.4, 0.5) is 0 Å². The highest BCUT2D eigenvalue weighted by molar-refractivity contribution is 6.64. The standard InChI is InChI=1S/C11H15ClO/c1-4-8-6-5-7-11(2,3)9(8)10(12)13/h4-6,9H,7H2,1-3H3. The third kappa shape index (κ3) is 2.02. The van der Waals surface area contributed by atoms with Crippen molar-refractivity contribution in [1.82, 2.24) is 0 Å². The highest BCUT2D eigenvalue weighted by Crippen LogP contribution is 2.41. The third-order valence-electron chi connectivity index (χ3n) is 2.63. The van der Waals surface area contributed by atoms with Crippen molar-refractivity contribution in [2.24, 2.45) is 11.3 Å². The van der Waals surface area contributed by atoms with Crippen molar-refractivity contribution in [2.45, 2.75) is 27.2 Å². The molecule has 0 aliphatic heterocycles. The van der Waals surface area contributed by atoms with Gasteiger partial charge in [0.2, 0.25) is 5.24 Å². The highest BCUT2D eigenvalue weighted by atomic mass is 35.5. The van der Waals surface area contributed by atoms with E-state index in [2.05, 4.69) is 19.9 Å². The van der Waals surface area contributed by atoms with Crippen LogP contribution in [0.25, 0.3) is 0 Å². The van der Waals surface area contributed by atoms with Gasteiger partial charge in [-0.15, -0.1) is 0 Å². The van der Waals surface area contributed by atoms with Gasteiger partial charge in [-0.05, 0) is 35.9 Å². The first kappa shape index (κ1) is 10.5. The van der Waals surface area contributed by atoms with Crippen LogP contribution in [0.2, 0.25) is 0 Å². The lowest BCUT2D eigenvalue weighted by Gasteiger charge is -2.34. The van der Waals surface area contributed by atoms with Gasteiger partial charge in [0.1, 0.15) is 0 Å². The minimum absolute atomic E-state index is 0.0462. The molecule has 72 valence electrons. The smallest absolute Gasteiger partial charge is 0.229 e. The summed E-state index contributed by atoms with van der Waals surface area (Å²) in [5.41, 5.74) is 0.992. The van der Waals surface area contributed by atoms with Crippen molar-refractivity contribution in [2.75, 3.05) is 0 Å². The topological polar surface area (TPSA) is 17.1 Å². The van der Waals surface area contributed by atoms with Gasteiger partial charge in [0.25, 0.3) is 0 Å². The van der Waals surface area contributed by atoms with Gasteiger partial charge in [0.15, 0.2) is 0 Å². The lowest BCUT2D eigenvalue weighted by molar-refractivity contribution is -0.116. The predicted octanol–water partition coefficient (Wildman–Crippen LogP) is 3.30. The van der Waals surface area contributed by atoms with E-state index in [0.717, 1.165) is 12.0 Å². The summed E-state index contributed by atoms with van der Waals surface area (Å²) >= 11 is 5.60. The maximum absolute atomic E-state index is 11.3. The number of halogens is 1. The zero-order chi connectivity index (χ0) is 10.1. The fourth-order valence-corrected chi connectivity index (χ4v) is 2.29. The van der Waals surface area contributed by atoms with E-state index in [-0.39, 0.29) is 16.6 Å². The molecule has 1 atom stereocenters. The number of rotatable bonds is 1. The summed E-state index contributed by atoms with van der Waals surface area (Å²) in [6, 6.07) is 0. The number of hydrogen-bond acceptors (Lipinski definition) is 1. The number of hydrogen-bond donors (Lipinski definition) is 0. The largest absolute Gasteiger partial charge is 0.281 e.